The number of aromatic nitrogens is 2. The number of rotatable bonds is 5. The number of hydrogen-bond donors (Lipinski definition) is 1. The standard InChI is InChI=1S/C20H26F3N5O3/c1-26(14-5-4-13-16(20(21,22)23)18(30)25-24-17(13)14)7-6-15(29)27-8-10-28(11-9-27)19(31)12-2-3-12/h12,14H,2-11H2,1H3,(H,25,30). The number of nitrogens with zero attached hydrogens (tertiary/aromatic N) is 4. The molecule has 3 aliphatic rings. The Morgan fingerprint density at radius 3 is 2.39 bits per heavy atom. The summed E-state index contributed by atoms with van der Waals surface area (Å²) in [6, 6.07) is -0.381. The summed E-state index contributed by atoms with van der Waals surface area (Å²) in [6.45, 7) is 2.47. The van der Waals surface area contributed by atoms with Gasteiger partial charge < -0.3 is 9.80 Å². The first kappa shape index (κ1) is 21.8. The molecule has 170 valence electrons. The summed E-state index contributed by atoms with van der Waals surface area (Å²) in [4.78, 5) is 41.8. The Bertz CT molecular complexity index is 920. The summed E-state index contributed by atoms with van der Waals surface area (Å²) in [6.07, 6.45) is -2.04. The van der Waals surface area contributed by atoms with Crippen LogP contribution in [0.25, 0.3) is 0 Å². The number of halogens is 3. The van der Waals surface area contributed by atoms with Crippen LogP contribution in [0.15, 0.2) is 4.79 Å². The lowest BCUT2D eigenvalue weighted by Crippen LogP contribution is -2.51. The topological polar surface area (TPSA) is 89.6 Å². The highest BCUT2D eigenvalue weighted by atomic mass is 19.4. The van der Waals surface area contributed by atoms with E-state index in [9.17, 15) is 27.6 Å². The molecule has 8 nitrogen and oxygen atoms in total. The molecule has 2 fully saturated rings. The third kappa shape index (κ3) is 4.46. The number of carbonyl (C=O) groups excluding carboxylic acids is 2. The monoisotopic (exact) mass is 441 g/mol. The van der Waals surface area contributed by atoms with Crippen molar-refractivity contribution in [3.05, 3.63) is 27.2 Å². The summed E-state index contributed by atoms with van der Waals surface area (Å²) in [5.74, 6) is 0.330. The Morgan fingerprint density at radius 2 is 1.77 bits per heavy atom. The Hall–Kier alpha value is -2.43. The Labute approximate surface area is 177 Å². The summed E-state index contributed by atoms with van der Waals surface area (Å²) in [7, 11) is 1.75. The molecule has 1 saturated carbocycles. The van der Waals surface area contributed by atoms with Gasteiger partial charge in [0.1, 0.15) is 5.56 Å². The van der Waals surface area contributed by atoms with Crippen molar-refractivity contribution in [3.8, 4) is 0 Å². The lowest BCUT2D eigenvalue weighted by Gasteiger charge is -2.35. The van der Waals surface area contributed by atoms with E-state index in [0.29, 0.717) is 39.1 Å². The molecule has 1 aromatic heterocycles. The number of nitrogens with one attached hydrogen (secondary N) is 1. The molecule has 11 heteroatoms. The number of fused-ring (bicyclic) bond motifs is 1. The first-order chi connectivity index (χ1) is 14.7. The number of H-pyrrole nitrogens is 1. The molecule has 2 aliphatic carbocycles. The molecule has 2 amide bonds. The number of aromatic amines is 1. The van der Waals surface area contributed by atoms with Gasteiger partial charge in [-0.3, -0.25) is 19.3 Å². The number of amides is 2. The maximum absolute atomic E-state index is 13.3. The van der Waals surface area contributed by atoms with Gasteiger partial charge in [0.25, 0.3) is 5.56 Å². The van der Waals surface area contributed by atoms with Crippen LogP contribution < -0.4 is 5.56 Å². The van der Waals surface area contributed by atoms with Crippen LogP contribution in [0, 0.1) is 5.92 Å². The van der Waals surface area contributed by atoms with E-state index < -0.39 is 17.3 Å². The Morgan fingerprint density at radius 1 is 1.13 bits per heavy atom. The maximum Gasteiger partial charge on any atom is 0.422 e. The summed E-state index contributed by atoms with van der Waals surface area (Å²) < 4.78 is 39.8. The molecular weight excluding hydrogens is 415 g/mol. The molecule has 0 bridgehead atoms. The fraction of sp³-hybridized carbons (Fsp3) is 0.700. The smallest absolute Gasteiger partial charge is 0.339 e. The second kappa shape index (κ2) is 8.25. The van der Waals surface area contributed by atoms with Gasteiger partial charge in [-0.2, -0.15) is 18.3 Å². The Balaban J connectivity index is 1.32. The van der Waals surface area contributed by atoms with E-state index >= 15 is 0 Å². The Kier molecular flexibility index (Phi) is 5.80. The van der Waals surface area contributed by atoms with Crippen LogP contribution in [0.1, 0.15) is 48.5 Å². The lowest BCUT2D eigenvalue weighted by atomic mass is 10.1. The quantitative estimate of drug-likeness (QED) is 0.741. The molecule has 0 spiro atoms. The minimum absolute atomic E-state index is 0.0333. The van der Waals surface area contributed by atoms with Gasteiger partial charge in [0.15, 0.2) is 0 Å². The number of carbonyl (C=O) groups is 2. The third-order valence-corrected chi connectivity index (χ3v) is 6.46. The van der Waals surface area contributed by atoms with Crippen LogP contribution >= 0.6 is 0 Å². The van der Waals surface area contributed by atoms with Gasteiger partial charge >= 0.3 is 6.18 Å². The zero-order valence-electron chi connectivity index (χ0n) is 17.4. The minimum Gasteiger partial charge on any atom is -0.339 e. The average molecular weight is 441 g/mol. The number of piperazine rings is 1. The van der Waals surface area contributed by atoms with E-state index in [1.165, 1.54) is 0 Å². The van der Waals surface area contributed by atoms with Crippen molar-refractivity contribution < 1.29 is 22.8 Å². The van der Waals surface area contributed by atoms with Gasteiger partial charge in [0.05, 0.1) is 11.7 Å². The second-order valence-corrected chi connectivity index (χ2v) is 8.55. The predicted octanol–water partition coefficient (Wildman–Crippen LogP) is 1.18. The van der Waals surface area contributed by atoms with Crippen LogP contribution in [0.2, 0.25) is 0 Å². The third-order valence-electron chi connectivity index (χ3n) is 6.46. The molecule has 4 rings (SSSR count). The molecular formula is C20H26F3N5O3. The molecule has 1 unspecified atom stereocenters. The SMILES string of the molecule is CN(CCC(=O)N1CCN(C(=O)C2CC2)CC1)C1CCc2c1n[nH]c(=O)c2C(F)(F)F. The normalized spacial score (nSPS) is 21.5. The predicted molar refractivity (Wildman–Crippen MR) is 104 cm³/mol. The number of alkyl halides is 3. The van der Waals surface area contributed by atoms with Crippen LogP contribution in [-0.2, 0) is 22.2 Å². The van der Waals surface area contributed by atoms with Gasteiger partial charge in [-0.15, -0.1) is 0 Å². The molecule has 1 saturated heterocycles. The van der Waals surface area contributed by atoms with Crippen LogP contribution in [0.4, 0.5) is 13.2 Å². The summed E-state index contributed by atoms with van der Waals surface area (Å²) >= 11 is 0. The highest BCUT2D eigenvalue weighted by Crippen LogP contribution is 2.39. The molecule has 2 heterocycles. The molecule has 1 aliphatic heterocycles. The van der Waals surface area contributed by atoms with Gasteiger partial charge in [0, 0.05) is 45.1 Å². The van der Waals surface area contributed by atoms with E-state index in [2.05, 4.69) is 5.10 Å². The molecule has 0 aromatic carbocycles. The zero-order chi connectivity index (χ0) is 22.3. The lowest BCUT2D eigenvalue weighted by molar-refractivity contribution is -0.140. The summed E-state index contributed by atoms with van der Waals surface area (Å²) in [5.41, 5.74) is -2.20. The van der Waals surface area contributed by atoms with E-state index in [4.69, 9.17) is 0 Å². The van der Waals surface area contributed by atoms with Gasteiger partial charge in [-0.1, -0.05) is 0 Å². The van der Waals surface area contributed by atoms with Crippen molar-refractivity contribution in [1.82, 2.24) is 24.9 Å². The molecule has 0 radical (unpaired) electrons. The molecule has 1 atom stereocenters. The minimum atomic E-state index is -4.73. The van der Waals surface area contributed by atoms with Gasteiger partial charge in [-0.25, -0.2) is 5.10 Å². The second-order valence-electron chi connectivity index (χ2n) is 8.55. The van der Waals surface area contributed by atoms with Crippen LogP contribution in [0.5, 0.6) is 0 Å². The van der Waals surface area contributed by atoms with Crippen molar-refractivity contribution in [2.45, 2.75) is 44.3 Å². The van der Waals surface area contributed by atoms with Crippen molar-refractivity contribution in [2.75, 3.05) is 39.8 Å². The first-order valence-corrected chi connectivity index (χ1v) is 10.6. The van der Waals surface area contributed by atoms with Crippen LogP contribution in [0.3, 0.4) is 0 Å². The fourth-order valence-corrected chi connectivity index (χ4v) is 4.53. The first-order valence-electron chi connectivity index (χ1n) is 10.6. The molecule has 31 heavy (non-hydrogen) atoms. The van der Waals surface area contributed by atoms with Gasteiger partial charge in [-0.05, 0) is 38.3 Å². The van der Waals surface area contributed by atoms with Crippen molar-refractivity contribution in [1.29, 1.82) is 0 Å². The van der Waals surface area contributed by atoms with Crippen LogP contribution in [-0.4, -0.2) is 76.5 Å². The average Bonchev–Trinajstić information content (AvgIpc) is 3.49. The zero-order valence-corrected chi connectivity index (χ0v) is 17.4. The summed E-state index contributed by atoms with van der Waals surface area (Å²) in [5, 5.41) is 5.86. The molecule has 1 aromatic rings. The van der Waals surface area contributed by atoms with Crippen molar-refractivity contribution >= 4 is 11.8 Å². The molecule has 1 N–H and O–H groups in total. The highest BCUT2D eigenvalue weighted by molar-refractivity contribution is 5.81. The highest BCUT2D eigenvalue weighted by Gasteiger charge is 2.42. The van der Waals surface area contributed by atoms with Crippen molar-refractivity contribution in [3.63, 3.8) is 0 Å². The van der Waals surface area contributed by atoms with E-state index in [1.807, 2.05) is 14.9 Å². The van der Waals surface area contributed by atoms with E-state index in [-0.39, 0.29) is 47.9 Å². The van der Waals surface area contributed by atoms with E-state index in [0.717, 1.165) is 12.8 Å². The largest absolute Gasteiger partial charge is 0.422 e. The maximum atomic E-state index is 13.3. The van der Waals surface area contributed by atoms with Gasteiger partial charge in [0.2, 0.25) is 11.8 Å². The fourth-order valence-electron chi connectivity index (χ4n) is 4.53. The van der Waals surface area contributed by atoms with Crippen molar-refractivity contribution in [2.24, 2.45) is 5.92 Å². The van der Waals surface area contributed by atoms with E-state index in [1.54, 1.807) is 11.9 Å². The number of hydrogen-bond acceptors (Lipinski definition) is 5.